The van der Waals surface area contributed by atoms with Crippen molar-refractivity contribution in [3.63, 3.8) is 0 Å². The Hall–Kier alpha value is -0.143. The zero-order valence-corrected chi connectivity index (χ0v) is 15.0. The highest BCUT2D eigenvalue weighted by molar-refractivity contribution is 8.13. The van der Waals surface area contributed by atoms with Crippen LogP contribution in [0.15, 0.2) is 12.2 Å². The van der Waals surface area contributed by atoms with Gasteiger partial charge in [-0.2, -0.15) is 0 Å². The molecule has 0 heterocycles. The van der Waals surface area contributed by atoms with Gasteiger partial charge >= 0.3 is 8.80 Å². The molecule has 0 radical (unpaired) electrons. The molecule has 21 heavy (non-hydrogen) atoms. The van der Waals surface area contributed by atoms with Gasteiger partial charge in [-0.1, -0.05) is 23.9 Å². The minimum absolute atomic E-state index is 0.334. The zero-order chi connectivity index (χ0) is 15.3. The lowest BCUT2D eigenvalue weighted by molar-refractivity contribution is -0.111. The van der Waals surface area contributed by atoms with E-state index >= 15 is 0 Å². The summed E-state index contributed by atoms with van der Waals surface area (Å²) in [5, 5.41) is 0.334. The first-order chi connectivity index (χ1) is 10.1. The van der Waals surface area contributed by atoms with Gasteiger partial charge in [0.05, 0.1) is 0 Å². The van der Waals surface area contributed by atoms with Crippen LogP contribution in [0.5, 0.6) is 0 Å². The summed E-state index contributed by atoms with van der Waals surface area (Å²) < 4.78 is 16.1. The lowest BCUT2D eigenvalue weighted by atomic mass is 9.91. The van der Waals surface area contributed by atoms with Gasteiger partial charge in [-0.3, -0.25) is 4.79 Å². The molecular formula is C15H26O4SSi. The maximum absolute atomic E-state index is 12.1. The molecule has 0 saturated heterocycles. The van der Waals surface area contributed by atoms with E-state index in [0.29, 0.717) is 17.0 Å². The minimum atomic E-state index is -2.47. The van der Waals surface area contributed by atoms with E-state index in [9.17, 15) is 4.79 Å². The molecule has 120 valence electrons. The fraction of sp³-hybridized carbons (Fsp3) is 0.800. The highest BCUT2D eigenvalue weighted by Crippen LogP contribution is 2.45. The molecule has 1 saturated carbocycles. The summed E-state index contributed by atoms with van der Waals surface area (Å²) in [7, 11) is 2.41. The number of hydrogen-bond donors (Lipinski definition) is 0. The summed E-state index contributed by atoms with van der Waals surface area (Å²) in [6.45, 7) is 0. The van der Waals surface area contributed by atoms with Crippen molar-refractivity contribution in [1.29, 1.82) is 0 Å². The van der Waals surface area contributed by atoms with Gasteiger partial charge in [-0.05, 0) is 37.0 Å². The van der Waals surface area contributed by atoms with Crippen LogP contribution in [0.25, 0.3) is 0 Å². The van der Waals surface area contributed by atoms with E-state index < -0.39 is 8.80 Å². The summed E-state index contributed by atoms with van der Waals surface area (Å²) in [6.07, 6.45) is 8.73. The first-order valence-corrected chi connectivity index (χ1v) is 10.5. The third kappa shape index (κ3) is 4.42. The van der Waals surface area contributed by atoms with Crippen LogP contribution in [0.1, 0.15) is 25.7 Å². The van der Waals surface area contributed by atoms with Crippen molar-refractivity contribution < 1.29 is 18.1 Å². The normalized spacial score (nSPS) is 27.5. The Balaban J connectivity index is 1.62. The van der Waals surface area contributed by atoms with Crippen molar-refractivity contribution in [3.05, 3.63) is 12.2 Å². The van der Waals surface area contributed by atoms with E-state index in [2.05, 4.69) is 12.2 Å². The maximum Gasteiger partial charge on any atom is 0.500 e. The Labute approximate surface area is 133 Å². The molecule has 0 aliphatic heterocycles. The molecule has 1 fully saturated rings. The molecule has 2 aliphatic carbocycles. The van der Waals surface area contributed by atoms with E-state index in [0.717, 1.165) is 30.6 Å². The van der Waals surface area contributed by atoms with Gasteiger partial charge < -0.3 is 13.3 Å². The van der Waals surface area contributed by atoms with Crippen molar-refractivity contribution in [2.75, 3.05) is 27.1 Å². The fourth-order valence-corrected chi connectivity index (χ4v) is 6.26. The van der Waals surface area contributed by atoms with Gasteiger partial charge in [0.25, 0.3) is 0 Å². The van der Waals surface area contributed by atoms with Crippen LogP contribution < -0.4 is 0 Å². The molecule has 0 spiro atoms. The number of hydrogen-bond acceptors (Lipinski definition) is 5. The third-order valence-corrected chi connectivity index (χ3v) is 8.48. The number of allylic oxidation sites excluding steroid dienone is 2. The first kappa shape index (κ1) is 17.2. The minimum Gasteiger partial charge on any atom is -0.377 e. The lowest BCUT2D eigenvalue weighted by Crippen LogP contribution is -2.42. The largest absolute Gasteiger partial charge is 0.500 e. The van der Waals surface area contributed by atoms with Crippen LogP contribution in [0.4, 0.5) is 0 Å². The zero-order valence-electron chi connectivity index (χ0n) is 13.2. The summed E-state index contributed by atoms with van der Waals surface area (Å²) in [5.41, 5.74) is 0. The predicted molar refractivity (Wildman–Crippen MR) is 87.1 cm³/mol. The van der Waals surface area contributed by atoms with Crippen molar-refractivity contribution >= 4 is 25.7 Å². The van der Waals surface area contributed by atoms with Crippen LogP contribution in [0.2, 0.25) is 6.04 Å². The molecule has 0 aromatic heterocycles. The molecule has 2 aliphatic rings. The molecular weight excluding hydrogens is 304 g/mol. The van der Waals surface area contributed by atoms with Crippen LogP contribution in [0.3, 0.4) is 0 Å². The average Bonchev–Trinajstić information content (AvgIpc) is 3.11. The topological polar surface area (TPSA) is 44.8 Å². The van der Waals surface area contributed by atoms with E-state index in [1.54, 1.807) is 21.3 Å². The highest BCUT2D eigenvalue weighted by Gasteiger charge is 2.38. The number of carbonyl (C=O) groups excluding carboxylic acids is 1. The summed E-state index contributed by atoms with van der Waals surface area (Å²) in [6, 6.07) is 0.758. The van der Waals surface area contributed by atoms with Gasteiger partial charge in [-0.25, -0.2) is 0 Å². The molecule has 0 amide bonds. The Bertz CT molecular complexity index is 376. The third-order valence-electron chi connectivity index (χ3n) is 4.67. The van der Waals surface area contributed by atoms with Crippen LogP contribution in [-0.4, -0.2) is 41.0 Å². The van der Waals surface area contributed by atoms with E-state index in [4.69, 9.17) is 13.3 Å². The fourth-order valence-electron chi connectivity index (χ4n) is 3.43. The maximum atomic E-state index is 12.1. The smallest absolute Gasteiger partial charge is 0.377 e. The molecule has 4 nitrogen and oxygen atoms in total. The highest BCUT2D eigenvalue weighted by atomic mass is 32.2. The molecule has 2 rings (SSSR count). The quantitative estimate of drug-likeness (QED) is 0.369. The molecule has 0 N–H and O–H groups in total. The van der Waals surface area contributed by atoms with Gasteiger partial charge in [0.1, 0.15) is 0 Å². The second kappa shape index (κ2) is 7.92. The van der Waals surface area contributed by atoms with E-state index in [1.165, 1.54) is 24.6 Å². The Morgan fingerprint density at radius 1 is 1.19 bits per heavy atom. The van der Waals surface area contributed by atoms with Gasteiger partial charge in [0.15, 0.2) is 5.12 Å². The lowest BCUT2D eigenvalue weighted by Gasteiger charge is -2.24. The molecule has 6 heteroatoms. The van der Waals surface area contributed by atoms with Crippen LogP contribution in [0, 0.1) is 17.8 Å². The standard InChI is InChI=1S/C15H26O4SSi/c1-17-21(18-2,19-3)8-4-7-20-15(16)11-14-10-12-5-6-13(14)9-12/h5-6,12-14H,4,7-11H2,1-3H3. The molecule has 0 aromatic carbocycles. The average molecular weight is 331 g/mol. The Morgan fingerprint density at radius 3 is 2.43 bits per heavy atom. The number of carbonyl (C=O) groups is 1. The second-order valence-corrected chi connectivity index (χ2v) is 10.1. The van der Waals surface area contributed by atoms with Crippen molar-refractivity contribution in [1.82, 2.24) is 0 Å². The Morgan fingerprint density at radius 2 is 1.90 bits per heavy atom. The summed E-state index contributed by atoms with van der Waals surface area (Å²) >= 11 is 1.46. The first-order valence-electron chi connectivity index (χ1n) is 7.62. The number of rotatable bonds is 9. The predicted octanol–water partition coefficient (Wildman–Crippen LogP) is 3.12. The second-order valence-electron chi connectivity index (χ2n) is 5.86. The monoisotopic (exact) mass is 330 g/mol. The Kier molecular flexibility index (Phi) is 6.49. The molecule has 3 atom stereocenters. The molecule has 2 bridgehead atoms. The van der Waals surface area contributed by atoms with Crippen molar-refractivity contribution in [3.8, 4) is 0 Å². The van der Waals surface area contributed by atoms with Crippen LogP contribution >= 0.6 is 11.8 Å². The van der Waals surface area contributed by atoms with Crippen molar-refractivity contribution in [2.45, 2.75) is 31.7 Å². The van der Waals surface area contributed by atoms with Crippen LogP contribution in [-0.2, 0) is 18.1 Å². The van der Waals surface area contributed by atoms with E-state index in [-0.39, 0.29) is 0 Å². The number of fused-ring (bicyclic) bond motifs is 2. The number of thioether (sulfide) groups is 1. The SMILES string of the molecule is CO[Si](CCCSC(=O)CC1CC2C=CC1C2)(OC)OC. The van der Waals surface area contributed by atoms with Gasteiger partial charge in [0.2, 0.25) is 0 Å². The molecule has 3 unspecified atom stereocenters. The summed E-state index contributed by atoms with van der Waals surface area (Å²) in [5.74, 6) is 2.82. The summed E-state index contributed by atoms with van der Waals surface area (Å²) in [4.78, 5) is 12.1. The van der Waals surface area contributed by atoms with Crippen molar-refractivity contribution in [2.24, 2.45) is 17.8 Å². The van der Waals surface area contributed by atoms with E-state index in [1.807, 2.05) is 0 Å². The molecule has 0 aromatic rings. The van der Waals surface area contributed by atoms with Gasteiger partial charge in [-0.15, -0.1) is 0 Å². The van der Waals surface area contributed by atoms with Gasteiger partial charge in [0, 0.05) is 39.5 Å².